The Morgan fingerprint density at radius 1 is 1.30 bits per heavy atom. The number of amides is 1. The van der Waals surface area contributed by atoms with E-state index in [1.54, 1.807) is 22.3 Å². The lowest BCUT2D eigenvalue weighted by Crippen LogP contribution is -2.26. The van der Waals surface area contributed by atoms with E-state index in [2.05, 4.69) is 15.9 Å². The van der Waals surface area contributed by atoms with Crippen LogP contribution < -0.4 is 5.73 Å². The second-order valence-electron chi connectivity index (χ2n) is 4.92. The molecular weight excluding hydrogens is 336 g/mol. The highest BCUT2D eigenvalue weighted by Crippen LogP contribution is 2.23. The molecule has 0 atom stereocenters. The molecule has 2 rings (SSSR count). The first kappa shape index (κ1) is 15.1. The van der Waals surface area contributed by atoms with E-state index >= 15 is 0 Å². The molecule has 2 N–H and O–H groups in total. The van der Waals surface area contributed by atoms with Crippen LogP contribution in [0, 0.1) is 13.8 Å². The Hall–Kier alpha value is -1.33. The molecule has 1 aromatic heterocycles. The molecule has 1 amide bonds. The van der Waals surface area contributed by atoms with Crippen LogP contribution in [-0.2, 0) is 6.54 Å². The maximum absolute atomic E-state index is 12.5. The Morgan fingerprint density at radius 2 is 2.00 bits per heavy atom. The number of nitrogen functional groups attached to an aromatic ring is 1. The van der Waals surface area contributed by atoms with Crippen molar-refractivity contribution >= 4 is 38.9 Å². The van der Waals surface area contributed by atoms with Crippen molar-refractivity contribution in [3.8, 4) is 0 Å². The summed E-state index contributed by atoms with van der Waals surface area (Å²) in [7, 11) is 1.81. The molecule has 3 nitrogen and oxygen atoms in total. The number of rotatable bonds is 3. The van der Waals surface area contributed by atoms with Gasteiger partial charge in [-0.05, 0) is 53.0 Å². The van der Waals surface area contributed by atoms with E-state index in [-0.39, 0.29) is 5.91 Å². The second kappa shape index (κ2) is 5.97. The van der Waals surface area contributed by atoms with Crippen molar-refractivity contribution in [3.05, 3.63) is 49.6 Å². The van der Waals surface area contributed by atoms with Gasteiger partial charge in [-0.2, -0.15) is 0 Å². The smallest absolute Gasteiger partial charge is 0.254 e. The third kappa shape index (κ3) is 3.22. The largest absolute Gasteiger partial charge is 0.398 e. The zero-order valence-electron chi connectivity index (χ0n) is 11.7. The van der Waals surface area contributed by atoms with Gasteiger partial charge in [0.1, 0.15) is 0 Å². The van der Waals surface area contributed by atoms with E-state index in [1.807, 2.05) is 38.4 Å². The van der Waals surface area contributed by atoms with Gasteiger partial charge in [-0.3, -0.25) is 4.79 Å². The number of carbonyl (C=O) groups excluding carboxylic acids is 1. The van der Waals surface area contributed by atoms with E-state index < -0.39 is 0 Å². The number of benzene rings is 1. The van der Waals surface area contributed by atoms with Crippen LogP contribution in [0.25, 0.3) is 0 Å². The van der Waals surface area contributed by atoms with E-state index in [1.165, 1.54) is 0 Å². The van der Waals surface area contributed by atoms with Crippen molar-refractivity contribution in [1.29, 1.82) is 0 Å². The highest BCUT2D eigenvalue weighted by atomic mass is 79.9. The maximum Gasteiger partial charge on any atom is 0.254 e. The molecule has 0 bridgehead atoms. The molecule has 5 heteroatoms. The van der Waals surface area contributed by atoms with E-state index in [0.29, 0.717) is 17.8 Å². The Morgan fingerprint density at radius 3 is 2.60 bits per heavy atom. The lowest BCUT2D eigenvalue weighted by atomic mass is 10.0. The molecule has 106 valence electrons. The summed E-state index contributed by atoms with van der Waals surface area (Å²) in [6, 6.07) is 5.76. The van der Waals surface area contributed by atoms with E-state index in [0.717, 1.165) is 20.5 Å². The fourth-order valence-corrected chi connectivity index (χ4v) is 3.55. The molecule has 0 aliphatic heterocycles. The van der Waals surface area contributed by atoms with Crippen LogP contribution in [0.1, 0.15) is 26.4 Å². The van der Waals surface area contributed by atoms with Gasteiger partial charge in [-0.25, -0.2) is 0 Å². The average molecular weight is 353 g/mol. The lowest BCUT2D eigenvalue weighted by Gasteiger charge is -2.18. The third-order valence-corrected chi connectivity index (χ3v) is 4.89. The molecule has 0 spiro atoms. The number of halogens is 1. The second-order valence-corrected chi connectivity index (χ2v) is 6.83. The molecule has 0 unspecified atom stereocenters. The van der Waals surface area contributed by atoms with Gasteiger partial charge >= 0.3 is 0 Å². The SMILES string of the molecule is Cc1cc(C)c(C(=O)N(C)Cc2cc(Br)cs2)cc1N. The quantitative estimate of drug-likeness (QED) is 0.849. The Bertz CT molecular complexity index is 651. The van der Waals surface area contributed by atoms with Crippen molar-refractivity contribution in [2.75, 3.05) is 12.8 Å². The van der Waals surface area contributed by atoms with E-state index in [4.69, 9.17) is 5.73 Å². The molecule has 1 aromatic carbocycles. The highest BCUT2D eigenvalue weighted by Gasteiger charge is 2.16. The van der Waals surface area contributed by atoms with Crippen LogP contribution in [0.15, 0.2) is 28.1 Å². The predicted molar refractivity (Wildman–Crippen MR) is 88.1 cm³/mol. The van der Waals surface area contributed by atoms with Gasteiger partial charge in [-0.15, -0.1) is 11.3 Å². The summed E-state index contributed by atoms with van der Waals surface area (Å²) in [5, 5.41) is 2.02. The number of thiophene rings is 1. The van der Waals surface area contributed by atoms with Crippen molar-refractivity contribution in [2.24, 2.45) is 0 Å². The molecule has 0 aliphatic carbocycles. The first-order chi connectivity index (χ1) is 9.38. The van der Waals surface area contributed by atoms with Crippen LogP contribution in [0.4, 0.5) is 5.69 Å². The minimum atomic E-state index is -0.00118. The summed E-state index contributed by atoms with van der Waals surface area (Å²) in [6.45, 7) is 4.49. The Balaban J connectivity index is 2.20. The van der Waals surface area contributed by atoms with E-state index in [9.17, 15) is 4.79 Å². The van der Waals surface area contributed by atoms with Crippen LogP contribution in [0.5, 0.6) is 0 Å². The number of nitrogens with two attached hydrogens (primary N) is 1. The highest BCUT2D eigenvalue weighted by molar-refractivity contribution is 9.10. The third-order valence-electron chi connectivity index (χ3n) is 3.20. The average Bonchev–Trinajstić information content (AvgIpc) is 2.78. The van der Waals surface area contributed by atoms with Gasteiger partial charge in [0.25, 0.3) is 5.91 Å². The van der Waals surface area contributed by atoms with Crippen LogP contribution in [-0.4, -0.2) is 17.9 Å². The lowest BCUT2D eigenvalue weighted by molar-refractivity contribution is 0.0786. The van der Waals surface area contributed by atoms with Gasteiger partial charge in [0.2, 0.25) is 0 Å². The molecule has 0 saturated carbocycles. The number of hydrogen-bond acceptors (Lipinski definition) is 3. The predicted octanol–water partition coefficient (Wildman–Crippen LogP) is 3.98. The first-order valence-corrected chi connectivity index (χ1v) is 7.91. The summed E-state index contributed by atoms with van der Waals surface area (Å²) < 4.78 is 1.05. The van der Waals surface area contributed by atoms with Gasteiger partial charge < -0.3 is 10.6 Å². The zero-order chi connectivity index (χ0) is 14.9. The molecule has 0 fully saturated rings. The number of carbonyl (C=O) groups is 1. The molecule has 0 saturated heterocycles. The summed E-state index contributed by atoms with van der Waals surface area (Å²) in [5.74, 6) is -0.00118. The van der Waals surface area contributed by atoms with Crippen molar-refractivity contribution in [3.63, 3.8) is 0 Å². The Labute approximate surface area is 131 Å². The Kier molecular flexibility index (Phi) is 4.50. The molecule has 1 heterocycles. The summed E-state index contributed by atoms with van der Waals surface area (Å²) in [6.07, 6.45) is 0. The standard InChI is InChI=1S/C15H17BrN2OS/c1-9-4-10(2)14(17)6-13(9)15(19)18(3)7-12-5-11(16)8-20-12/h4-6,8H,7,17H2,1-3H3. The topological polar surface area (TPSA) is 46.3 Å². The first-order valence-electron chi connectivity index (χ1n) is 6.23. The minimum absolute atomic E-state index is 0.00118. The summed E-state index contributed by atoms with van der Waals surface area (Å²) in [4.78, 5) is 15.4. The van der Waals surface area contributed by atoms with Crippen molar-refractivity contribution in [2.45, 2.75) is 20.4 Å². The van der Waals surface area contributed by atoms with Gasteiger partial charge in [0.15, 0.2) is 0 Å². The molecule has 0 radical (unpaired) electrons. The number of nitrogens with zero attached hydrogens (tertiary/aromatic N) is 1. The molecule has 2 aromatic rings. The minimum Gasteiger partial charge on any atom is -0.398 e. The van der Waals surface area contributed by atoms with Gasteiger partial charge in [-0.1, -0.05) is 6.07 Å². The normalized spacial score (nSPS) is 10.6. The molecule has 0 aliphatic rings. The summed E-state index contributed by atoms with van der Waals surface area (Å²) in [5.41, 5.74) is 9.20. The van der Waals surface area contributed by atoms with Crippen LogP contribution in [0.3, 0.4) is 0 Å². The number of aryl methyl sites for hydroxylation is 2. The molecular formula is C15H17BrN2OS. The van der Waals surface area contributed by atoms with Crippen LogP contribution in [0.2, 0.25) is 0 Å². The zero-order valence-corrected chi connectivity index (χ0v) is 14.1. The summed E-state index contributed by atoms with van der Waals surface area (Å²) >= 11 is 5.06. The van der Waals surface area contributed by atoms with Crippen molar-refractivity contribution < 1.29 is 4.79 Å². The monoisotopic (exact) mass is 352 g/mol. The number of anilines is 1. The number of hydrogen-bond donors (Lipinski definition) is 1. The molecule has 20 heavy (non-hydrogen) atoms. The maximum atomic E-state index is 12.5. The van der Waals surface area contributed by atoms with Gasteiger partial charge in [0, 0.05) is 33.0 Å². The van der Waals surface area contributed by atoms with Gasteiger partial charge in [0.05, 0.1) is 6.54 Å². The fraction of sp³-hybridized carbons (Fsp3) is 0.267. The van der Waals surface area contributed by atoms with Crippen LogP contribution >= 0.6 is 27.3 Å². The van der Waals surface area contributed by atoms with Crippen molar-refractivity contribution in [1.82, 2.24) is 4.90 Å². The fourth-order valence-electron chi connectivity index (χ4n) is 2.05.